The summed E-state index contributed by atoms with van der Waals surface area (Å²) in [4.78, 5) is 0. The van der Waals surface area contributed by atoms with E-state index in [9.17, 15) is 4.55 Å². The Morgan fingerprint density at radius 2 is 1.90 bits per heavy atom. The summed E-state index contributed by atoms with van der Waals surface area (Å²) < 4.78 is 11.6. The van der Waals surface area contributed by atoms with E-state index in [1.54, 1.807) is 0 Å². The van der Waals surface area contributed by atoms with Gasteiger partial charge in [-0.2, -0.15) is 0 Å². The minimum atomic E-state index is -0.477. The molecule has 0 aromatic rings. The molecule has 0 aromatic heterocycles. The van der Waals surface area contributed by atoms with Gasteiger partial charge in [0, 0.05) is 32.4 Å². The fraction of sp³-hybridized carbons (Fsp3) is 1.00. The summed E-state index contributed by atoms with van der Waals surface area (Å²) in [5.41, 5.74) is 0. The van der Waals surface area contributed by atoms with E-state index >= 15 is 0 Å². The SMILES string of the molecule is [O-][S+]1CCC12CCNCC2. The first kappa shape index (κ1) is 6.95. The lowest BCUT2D eigenvalue weighted by Crippen LogP contribution is -2.56. The Kier molecular flexibility index (Phi) is 1.66. The maximum absolute atomic E-state index is 11.3. The topological polar surface area (TPSA) is 35.1 Å². The van der Waals surface area contributed by atoms with Gasteiger partial charge in [0.15, 0.2) is 0 Å². The van der Waals surface area contributed by atoms with Crippen LogP contribution in [0.5, 0.6) is 0 Å². The highest BCUT2D eigenvalue weighted by Gasteiger charge is 2.51. The molecule has 3 heteroatoms. The van der Waals surface area contributed by atoms with Gasteiger partial charge in [0.1, 0.15) is 10.5 Å². The van der Waals surface area contributed by atoms with Crippen molar-refractivity contribution >= 4 is 11.2 Å². The Morgan fingerprint density at radius 1 is 1.20 bits per heavy atom. The summed E-state index contributed by atoms with van der Waals surface area (Å²) >= 11 is -0.477. The Bertz CT molecular complexity index is 134. The van der Waals surface area contributed by atoms with Gasteiger partial charge >= 0.3 is 0 Å². The van der Waals surface area contributed by atoms with Gasteiger partial charge in [-0.15, -0.1) is 0 Å². The number of rotatable bonds is 0. The molecule has 2 saturated heterocycles. The monoisotopic (exact) mass is 159 g/mol. The molecule has 2 aliphatic rings. The van der Waals surface area contributed by atoms with E-state index < -0.39 is 11.2 Å². The lowest BCUT2D eigenvalue weighted by atomic mass is 9.93. The molecular weight excluding hydrogens is 146 g/mol. The predicted molar refractivity (Wildman–Crippen MR) is 42.5 cm³/mol. The van der Waals surface area contributed by atoms with Crippen molar-refractivity contribution in [1.82, 2.24) is 5.32 Å². The molecule has 2 heterocycles. The van der Waals surface area contributed by atoms with Crippen LogP contribution < -0.4 is 5.32 Å². The normalized spacial score (nSPS) is 37.5. The molecule has 0 bridgehead atoms. The molecule has 0 saturated carbocycles. The number of hydrogen-bond donors (Lipinski definition) is 1. The molecule has 1 unspecified atom stereocenters. The third-order valence-electron chi connectivity index (χ3n) is 2.74. The van der Waals surface area contributed by atoms with Gasteiger partial charge in [-0.05, 0) is 11.2 Å². The van der Waals surface area contributed by atoms with Crippen molar-refractivity contribution in [1.29, 1.82) is 0 Å². The lowest BCUT2D eigenvalue weighted by molar-refractivity contribution is 0.350. The van der Waals surface area contributed by atoms with E-state index in [4.69, 9.17) is 0 Å². The minimum absolute atomic E-state index is 0.269. The molecule has 1 N–H and O–H groups in total. The maximum atomic E-state index is 11.3. The van der Waals surface area contributed by atoms with Crippen LogP contribution in [0.15, 0.2) is 0 Å². The third-order valence-corrected chi connectivity index (χ3v) is 4.89. The van der Waals surface area contributed by atoms with Crippen LogP contribution in [0.2, 0.25) is 0 Å². The third kappa shape index (κ3) is 0.881. The highest BCUT2D eigenvalue weighted by Crippen LogP contribution is 2.40. The largest absolute Gasteiger partial charge is 0.616 e. The van der Waals surface area contributed by atoms with Crippen LogP contribution in [0.4, 0.5) is 0 Å². The summed E-state index contributed by atoms with van der Waals surface area (Å²) in [5.74, 6) is 0.958. The van der Waals surface area contributed by atoms with E-state index in [0.29, 0.717) is 0 Å². The van der Waals surface area contributed by atoms with Gasteiger partial charge in [-0.3, -0.25) is 0 Å². The number of hydrogen-bond acceptors (Lipinski definition) is 2. The van der Waals surface area contributed by atoms with Crippen LogP contribution in [0.1, 0.15) is 19.3 Å². The van der Waals surface area contributed by atoms with Crippen molar-refractivity contribution < 1.29 is 4.55 Å². The Balaban J connectivity index is 1.99. The van der Waals surface area contributed by atoms with E-state index in [2.05, 4.69) is 5.32 Å². The minimum Gasteiger partial charge on any atom is -0.616 e. The van der Waals surface area contributed by atoms with Crippen molar-refractivity contribution in [2.24, 2.45) is 0 Å². The highest BCUT2D eigenvalue weighted by molar-refractivity contribution is 7.94. The molecule has 0 amide bonds. The molecule has 2 fully saturated rings. The zero-order valence-electron chi connectivity index (χ0n) is 6.06. The maximum Gasteiger partial charge on any atom is 0.132 e. The number of piperidine rings is 1. The van der Waals surface area contributed by atoms with Gasteiger partial charge < -0.3 is 9.87 Å². The van der Waals surface area contributed by atoms with Crippen LogP contribution in [0.3, 0.4) is 0 Å². The van der Waals surface area contributed by atoms with Crippen LogP contribution >= 0.6 is 0 Å². The second-order valence-electron chi connectivity index (χ2n) is 3.23. The molecule has 58 valence electrons. The van der Waals surface area contributed by atoms with Crippen LogP contribution in [-0.2, 0) is 11.2 Å². The second kappa shape index (κ2) is 2.40. The first-order chi connectivity index (χ1) is 4.83. The van der Waals surface area contributed by atoms with Gasteiger partial charge in [-0.1, -0.05) is 0 Å². The summed E-state index contributed by atoms with van der Waals surface area (Å²) in [6.07, 6.45) is 3.49. The molecular formula is C7H13NOS. The zero-order chi connectivity index (χ0) is 7.03. The first-order valence-electron chi connectivity index (χ1n) is 3.93. The van der Waals surface area contributed by atoms with Crippen LogP contribution in [-0.4, -0.2) is 28.1 Å². The van der Waals surface area contributed by atoms with E-state index in [-0.39, 0.29) is 4.75 Å². The summed E-state index contributed by atoms with van der Waals surface area (Å²) in [6.45, 7) is 2.15. The molecule has 10 heavy (non-hydrogen) atoms. The van der Waals surface area contributed by atoms with E-state index in [0.717, 1.165) is 31.7 Å². The van der Waals surface area contributed by atoms with Gasteiger partial charge in [0.05, 0.1) is 0 Å². The first-order valence-corrected chi connectivity index (χ1v) is 5.25. The van der Waals surface area contributed by atoms with Crippen molar-refractivity contribution in [3.05, 3.63) is 0 Å². The van der Waals surface area contributed by atoms with E-state index in [1.807, 2.05) is 0 Å². The van der Waals surface area contributed by atoms with Crippen molar-refractivity contribution in [3.8, 4) is 0 Å². The fourth-order valence-electron chi connectivity index (χ4n) is 1.83. The van der Waals surface area contributed by atoms with Gasteiger partial charge in [0.2, 0.25) is 0 Å². The standard InChI is InChI=1S/C7H13NOS/c9-10-6-3-7(10)1-4-8-5-2-7/h8H,1-6H2. The highest BCUT2D eigenvalue weighted by atomic mass is 32.2. The lowest BCUT2D eigenvalue weighted by Gasteiger charge is -2.45. The summed E-state index contributed by atoms with van der Waals surface area (Å²) in [6, 6.07) is 0. The molecule has 2 rings (SSSR count). The Hall–Kier alpha value is 0.270. The van der Waals surface area contributed by atoms with Gasteiger partial charge in [-0.25, -0.2) is 0 Å². The molecule has 2 aliphatic heterocycles. The molecule has 0 radical (unpaired) electrons. The molecule has 0 aliphatic carbocycles. The van der Waals surface area contributed by atoms with Crippen molar-refractivity contribution in [3.63, 3.8) is 0 Å². The van der Waals surface area contributed by atoms with Crippen molar-refractivity contribution in [2.75, 3.05) is 18.8 Å². The predicted octanol–water partition coefficient (Wildman–Crippen LogP) is 0.261. The molecule has 1 atom stereocenters. The van der Waals surface area contributed by atoms with Crippen LogP contribution in [0.25, 0.3) is 0 Å². The average Bonchev–Trinajstić information content (AvgIpc) is 2.04. The molecule has 1 spiro atoms. The van der Waals surface area contributed by atoms with Gasteiger partial charge in [0.25, 0.3) is 0 Å². The summed E-state index contributed by atoms with van der Waals surface area (Å²) in [5, 5.41) is 3.29. The quantitative estimate of drug-likeness (QED) is 0.515. The zero-order valence-corrected chi connectivity index (χ0v) is 6.88. The Labute approximate surface area is 64.6 Å². The second-order valence-corrected chi connectivity index (χ2v) is 5.20. The summed E-state index contributed by atoms with van der Waals surface area (Å²) in [7, 11) is 0. The molecule has 0 aromatic carbocycles. The fourth-order valence-corrected chi connectivity index (χ4v) is 3.44. The smallest absolute Gasteiger partial charge is 0.132 e. The molecule has 2 nitrogen and oxygen atoms in total. The van der Waals surface area contributed by atoms with E-state index in [1.165, 1.54) is 6.42 Å². The number of nitrogens with one attached hydrogen (secondary N) is 1. The van der Waals surface area contributed by atoms with Crippen LogP contribution in [0, 0.1) is 0 Å². The van der Waals surface area contributed by atoms with Crippen molar-refractivity contribution in [2.45, 2.75) is 24.0 Å². The Morgan fingerprint density at radius 3 is 2.20 bits per heavy atom. The average molecular weight is 159 g/mol.